The molecule has 2 rings (SSSR count). The summed E-state index contributed by atoms with van der Waals surface area (Å²) in [5, 5.41) is 9.88. The van der Waals surface area contributed by atoms with Crippen LogP contribution in [-0.4, -0.2) is 49.3 Å². The molecule has 3 atom stereocenters. The molecular weight excluding hydrogens is 257 g/mol. The Bertz CT molecular complexity index is 464. The summed E-state index contributed by atoms with van der Waals surface area (Å²) in [6.45, 7) is 3.11. The fourth-order valence-corrected chi connectivity index (χ4v) is 2.82. The van der Waals surface area contributed by atoms with Crippen molar-refractivity contribution < 1.29 is 9.50 Å². The van der Waals surface area contributed by atoms with Gasteiger partial charge < -0.3 is 20.6 Å². The van der Waals surface area contributed by atoms with Crippen molar-refractivity contribution in [2.75, 3.05) is 32.1 Å². The van der Waals surface area contributed by atoms with Gasteiger partial charge in [0, 0.05) is 25.2 Å². The van der Waals surface area contributed by atoms with E-state index < -0.39 is 6.10 Å². The van der Waals surface area contributed by atoms with E-state index >= 15 is 0 Å². The molecule has 0 aliphatic carbocycles. The predicted octanol–water partition coefficient (Wildman–Crippen LogP) is 1.35. The highest BCUT2D eigenvalue weighted by Crippen LogP contribution is 2.30. The highest BCUT2D eigenvalue weighted by molar-refractivity contribution is 5.52. The fourth-order valence-electron chi connectivity index (χ4n) is 2.82. The van der Waals surface area contributed by atoms with Gasteiger partial charge in [-0.05, 0) is 45.1 Å². The summed E-state index contributed by atoms with van der Waals surface area (Å²) in [5.74, 6) is -0.266. The third-order valence-corrected chi connectivity index (χ3v) is 3.78. The molecule has 20 heavy (non-hydrogen) atoms. The van der Waals surface area contributed by atoms with Gasteiger partial charge in [0.2, 0.25) is 0 Å². The molecule has 0 saturated carbocycles. The van der Waals surface area contributed by atoms with Crippen LogP contribution in [-0.2, 0) is 0 Å². The summed E-state index contributed by atoms with van der Waals surface area (Å²) in [5.41, 5.74) is 7.12. The van der Waals surface area contributed by atoms with Gasteiger partial charge in [0.1, 0.15) is 5.82 Å². The number of benzene rings is 1. The number of anilines is 1. The van der Waals surface area contributed by atoms with Crippen molar-refractivity contribution in [3.05, 3.63) is 29.6 Å². The third kappa shape index (κ3) is 3.29. The number of nitrogens with two attached hydrogens (primary N) is 1. The van der Waals surface area contributed by atoms with Gasteiger partial charge in [0.05, 0.1) is 11.8 Å². The monoisotopic (exact) mass is 281 g/mol. The molecule has 0 bridgehead atoms. The van der Waals surface area contributed by atoms with E-state index in [0.29, 0.717) is 18.7 Å². The van der Waals surface area contributed by atoms with Crippen LogP contribution in [0.4, 0.5) is 10.1 Å². The maximum absolute atomic E-state index is 14.3. The van der Waals surface area contributed by atoms with Crippen LogP contribution in [0.2, 0.25) is 0 Å². The van der Waals surface area contributed by atoms with E-state index in [1.165, 1.54) is 6.07 Å². The lowest BCUT2D eigenvalue weighted by Crippen LogP contribution is -2.38. The van der Waals surface area contributed by atoms with Crippen LogP contribution in [0.25, 0.3) is 0 Å². The Kier molecular flexibility index (Phi) is 4.62. The van der Waals surface area contributed by atoms with Crippen LogP contribution >= 0.6 is 0 Å². The topological polar surface area (TPSA) is 52.7 Å². The highest BCUT2D eigenvalue weighted by atomic mass is 19.1. The van der Waals surface area contributed by atoms with E-state index in [4.69, 9.17) is 5.73 Å². The van der Waals surface area contributed by atoms with E-state index in [1.54, 1.807) is 6.07 Å². The summed E-state index contributed by atoms with van der Waals surface area (Å²) >= 11 is 0. The molecular formula is C15H24FN3O. The van der Waals surface area contributed by atoms with E-state index in [9.17, 15) is 9.50 Å². The van der Waals surface area contributed by atoms with Gasteiger partial charge in [-0.1, -0.05) is 6.07 Å². The summed E-state index contributed by atoms with van der Waals surface area (Å²) in [4.78, 5) is 4.02. The molecule has 2 unspecified atom stereocenters. The Morgan fingerprint density at radius 3 is 2.75 bits per heavy atom. The third-order valence-electron chi connectivity index (χ3n) is 3.78. The van der Waals surface area contributed by atoms with Crippen LogP contribution in [0.1, 0.15) is 24.9 Å². The smallest absolute Gasteiger partial charge is 0.146 e. The number of aliphatic hydroxyl groups excluding tert-OH is 1. The first kappa shape index (κ1) is 15.2. The molecule has 0 radical (unpaired) electrons. The second kappa shape index (κ2) is 6.08. The van der Waals surface area contributed by atoms with Gasteiger partial charge in [0.25, 0.3) is 0 Å². The summed E-state index contributed by atoms with van der Waals surface area (Å²) in [7, 11) is 3.97. The van der Waals surface area contributed by atoms with Crippen molar-refractivity contribution in [2.45, 2.75) is 31.5 Å². The van der Waals surface area contributed by atoms with Crippen molar-refractivity contribution in [3.63, 3.8) is 0 Å². The van der Waals surface area contributed by atoms with Crippen molar-refractivity contribution in [1.82, 2.24) is 4.90 Å². The molecule has 112 valence electrons. The van der Waals surface area contributed by atoms with Gasteiger partial charge in [-0.2, -0.15) is 0 Å². The van der Waals surface area contributed by atoms with Gasteiger partial charge in [-0.3, -0.25) is 0 Å². The quantitative estimate of drug-likeness (QED) is 0.874. The lowest BCUT2D eigenvalue weighted by molar-refractivity contribution is 0.191. The fraction of sp³-hybridized carbons (Fsp3) is 0.600. The van der Waals surface area contributed by atoms with Crippen LogP contribution in [0.5, 0.6) is 0 Å². The Morgan fingerprint density at radius 2 is 2.20 bits per heavy atom. The Morgan fingerprint density at radius 1 is 1.50 bits per heavy atom. The molecule has 4 nitrogen and oxygen atoms in total. The maximum atomic E-state index is 14.3. The first-order valence-corrected chi connectivity index (χ1v) is 7.03. The van der Waals surface area contributed by atoms with Crippen molar-refractivity contribution in [1.29, 1.82) is 0 Å². The minimum atomic E-state index is -0.396. The largest absolute Gasteiger partial charge is 0.391 e. The molecule has 1 saturated heterocycles. The number of halogens is 1. The second-order valence-corrected chi connectivity index (χ2v) is 5.96. The minimum absolute atomic E-state index is 0.135. The zero-order chi connectivity index (χ0) is 14.9. The maximum Gasteiger partial charge on any atom is 0.146 e. The van der Waals surface area contributed by atoms with Crippen LogP contribution in [0.15, 0.2) is 18.2 Å². The predicted molar refractivity (Wildman–Crippen MR) is 79.3 cm³/mol. The lowest BCUT2D eigenvalue weighted by Gasteiger charge is -2.29. The second-order valence-electron chi connectivity index (χ2n) is 5.96. The van der Waals surface area contributed by atoms with Gasteiger partial charge >= 0.3 is 0 Å². The molecule has 1 aliphatic heterocycles. The summed E-state index contributed by atoms with van der Waals surface area (Å²) in [6.07, 6.45) is 0.277. The molecule has 0 aromatic heterocycles. The highest BCUT2D eigenvalue weighted by Gasteiger charge is 2.32. The first-order chi connectivity index (χ1) is 9.38. The van der Waals surface area contributed by atoms with Crippen LogP contribution in [0, 0.1) is 5.82 Å². The Labute approximate surface area is 120 Å². The average molecular weight is 281 g/mol. The normalized spacial score (nSPS) is 24.4. The van der Waals surface area contributed by atoms with Crippen molar-refractivity contribution >= 4 is 5.69 Å². The number of hydrogen-bond acceptors (Lipinski definition) is 4. The van der Waals surface area contributed by atoms with E-state index in [-0.39, 0.29) is 17.9 Å². The van der Waals surface area contributed by atoms with Gasteiger partial charge in [-0.15, -0.1) is 0 Å². The lowest BCUT2D eigenvalue weighted by atomic mass is 10.1. The summed E-state index contributed by atoms with van der Waals surface area (Å²) < 4.78 is 14.3. The van der Waals surface area contributed by atoms with Crippen molar-refractivity contribution in [3.8, 4) is 0 Å². The van der Waals surface area contributed by atoms with Crippen LogP contribution < -0.4 is 10.6 Å². The van der Waals surface area contributed by atoms with E-state index in [2.05, 4.69) is 4.90 Å². The first-order valence-electron chi connectivity index (χ1n) is 7.03. The molecule has 3 N–H and O–H groups in total. The molecule has 1 heterocycles. The van der Waals surface area contributed by atoms with Gasteiger partial charge in [-0.25, -0.2) is 4.39 Å². The number of β-amino-alcohol motifs (C(OH)–C–C–N with tert-alkyl or cyclic N) is 1. The zero-order valence-electron chi connectivity index (χ0n) is 12.4. The number of hydrogen-bond donors (Lipinski definition) is 2. The van der Waals surface area contributed by atoms with E-state index in [1.807, 2.05) is 32.0 Å². The SMILES string of the molecule is C[C@H](N)c1ccc(N2CC(O)CC2CN(C)C)c(F)c1. The minimum Gasteiger partial charge on any atom is -0.391 e. The average Bonchev–Trinajstić information content (AvgIpc) is 2.68. The zero-order valence-corrected chi connectivity index (χ0v) is 12.4. The van der Waals surface area contributed by atoms with E-state index in [0.717, 1.165) is 12.1 Å². The molecule has 0 amide bonds. The molecule has 1 aliphatic rings. The molecule has 1 aromatic carbocycles. The number of likely N-dealkylation sites (N-methyl/N-ethyl adjacent to an activating group) is 1. The summed E-state index contributed by atoms with van der Waals surface area (Å²) in [6, 6.07) is 5.09. The molecule has 1 fully saturated rings. The van der Waals surface area contributed by atoms with Gasteiger partial charge in [0.15, 0.2) is 0 Å². The molecule has 0 spiro atoms. The number of aliphatic hydroxyl groups is 1. The van der Waals surface area contributed by atoms with Crippen LogP contribution in [0.3, 0.4) is 0 Å². The molecule has 5 heteroatoms. The number of rotatable bonds is 4. The molecule has 1 aromatic rings. The number of nitrogens with zero attached hydrogens (tertiary/aromatic N) is 2. The van der Waals surface area contributed by atoms with Crippen molar-refractivity contribution in [2.24, 2.45) is 5.73 Å². The Hall–Kier alpha value is -1.17. The Balaban J connectivity index is 2.25. The standard InChI is InChI=1S/C15H24FN3O/c1-10(17)11-4-5-15(14(16)6-11)19-9-13(20)7-12(19)8-18(2)3/h4-6,10,12-13,20H,7-9,17H2,1-3H3/t10-,12?,13?/m0/s1.